The number of piperidine rings is 1. The van der Waals surface area contributed by atoms with Crippen molar-refractivity contribution in [3.63, 3.8) is 0 Å². The molecule has 0 aromatic heterocycles. The molecule has 0 spiro atoms. The van der Waals surface area contributed by atoms with Crippen LogP contribution in [-0.4, -0.2) is 37.6 Å². The number of nitrogens with one attached hydrogen (secondary N) is 1. The van der Waals surface area contributed by atoms with Crippen molar-refractivity contribution in [3.05, 3.63) is 65.7 Å². The van der Waals surface area contributed by atoms with Gasteiger partial charge in [-0.3, -0.25) is 9.59 Å². The number of primary amides is 1. The molecule has 0 radical (unpaired) electrons. The lowest BCUT2D eigenvalue weighted by molar-refractivity contribution is -0.126. The zero-order valence-electron chi connectivity index (χ0n) is 16.2. The summed E-state index contributed by atoms with van der Waals surface area (Å²) < 4.78 is 27.0. The Labute approximate surface area is 171 Å². The van der Waals surface area contributed by atoms with Crippen molar-refractivity contribution in [2.45, 2.75) is 30.7 Å². The van der Waals surface area contributed by atoms with Gasteiger partial charge in [0.1, 0.15) is 0 Å². The first-order chi connectivity index (χ1) is 13.8. The molecule has 1 aliphatic rings. The van der Waals surface area contributed by atoms with Crippen molar-refractivity contribution >= 4 is 21.8 Å². The smallest absolute Gasteiger partial charge is 0.248 e. The highest BCUT2D eigenvalue weighted by Crippen LogP contribution is 2.25. The Morgan fingerprint density at radius 3 is 2.17 bits per heavy atom. The van der Waals surface area contributed by atoms with Gasteiger partial charge in [-0.05, 0) is 49.6 Å². The van der Waals surface area contributed by atoms with E-state index in [9.17, 15) is 18.0 Å². The fourth-order valence-corrected chi connectivity index (χ4v) is 4.92. The van der Waals surface area contributed by atoms with Crippen molar-refractivity contribution in [2.24, 2.45) is 11.7 Å². The van der Waals surface area contributed by atoms with Crippen molar-refractivity contribution < 1.29 is 18.0 Å². The number of rotatable bonds is 6. The summed E-state index contributed by atoms with van der Waals surface area (Å²) in [5, 5.41) is 3.02. The lowest BCUT2D eigenvalue weighted by atomic mass is 9.96. The molecule has 1 heterocycles. The predicted octanol–water partition coefficient (Wildman–Crippen LogP) is 2.06. The van der Waals surface area contributed by atoms with Gasteiger partial charge in [0.2, 0.25) is 21.8 Å². The van der Waals surface area contributed by atoms with Gasteiger partial charge < -0.3 is 11.1 Å². The summed E-state index contributed by atoms with van der Waals surface area (Å²) in [5.74, 6) is -0.875. The van der Waals surface area contributed by atoms with Crippen LogP contribution < -0.4 is 11.1 Å². The van der Waals surface area contributed by atoms with Crippen LogP contribution in [0.15, 0.2) is 59.5 Å². The van der Waals surface area contributed by atoms with Crippen molar-refractivity contribution in [2.75, 3.05) is 13.1 Å². The number of nitrogens with two attached hydrogens (primary N) is 1. The third-order valence-electron chi connectivity index (χ3n) is 5.26. The summed E-state index contributed by atoms with van der Waals surface area (Å²) in [6.07, 6.45) is 0.928. The van der Waals surface area contributed by atoms with E-state index in [0.29, 0.717) is 12.8 Å². The summed E-state index contributed by atoms with van der Waals surface area (Å²) in [6, 6.07) is 15.2. The second kappa shape index (κ2) is 8.75. The number of benzene rings is 2. The fourth-order valence-electron chi connectivity index (χ4n) is 3.45. The van der Waals surface area contributed by atoms with Crippen LogP contribution in [0.2, 0.25) is 0 Å². The molecule has 1 atom stereocenters. The lowest BCUT2D eigenvalue weighted by Gasteiger charge is -2.31. The molecule has 1 saturated heterocycles. The van der Waals surface area contributed by atoms with Gasteiger partial charge >= 0.3 is 0 Å². The van der Waals surface area contributed by atoms with E-state index >= 15 is 0 Å². The van der Waals surface area contributed by atoms with E-state index in [-0.39, 0.29) is 41.4 Å². The molecule has 2 amide bonds. The Hall–Kier alpha value is -2.71. The Morgan fingerprint density at radius 1 is 1.03 bits per heavy atom. The van der Waals surface area contributed by atoms with Crippen molar-refractivity contribution in [1.82, 2.24) is 9.62 Å². The average Bonchev–Trinajstić information content (AvgIpc) is 2.74. The maximum Gasteiger partial charge on any atom is 0.248 e. The molecule has 0 bridgehead atoms. The highest BCUT2D eigenvalue weighted by molar-refractivity contribution is 7.89. The second-order valence-corrected chi connectivity index (χ2v) is 9.15. The predicted molar refractivity (Wildman–Crippen MR) is 109 cm³/mol. The third kappa shape index (κ3) is 4.83. The quantitative estimate of drug-likeness (QED) is 0.752. The molecule has 2 aromatic rings. The van der Waals surface area contributed by atoms with Gasteiger partial charge in [-0.1, -0.05) is 30.3 Å². The Morgan fingerprint density at radius 2 is 1.62 bits per heavy atom. The van der Waals surface area contributed by atoms with E-state index < -0.39 is 15.9 Å². The summed E-state index contributed by atoms with van der Waals surface area (Å²) in [7, 11) is -3.67. The minimum atomic E-state index is -3.67. The summed E-state index contributed by atoms with van der Waals surface area (Å²) in [4.78, 5) is 23.9. The summed E-state index contributed by atoms with van der Waals surface area (Å²) in [6.45, 7) is 2.48. The van der Waals surface area contributed by atoms with E-state index in [1.165, 1.54) is 28.6 Å². The molecule has 0 aliphatic carbocycles. The summed E-state index contributed by atoms with van der Waals surface area (Å²) in [5.41, 5.74) is 6.48. The number of carbonyl (C=O) groups excluding carboxylic acids is 2. The molecule has 1 aliphatic heterocycles. The van der Waals surface area contributed by atoms with Crippen molar-refractivity contribution in [3.8, 4) is 0 Å². The standard InChI is InChI=1S/C21H25N3O4S/c1-15(16-5-3-2-4-6-16)23-21(26)18-11-13-24(14-12-18)29(27,28)19-9-7-17(8-10-19)20(22)25/h2-10,15,18H,11-14H2,1H3,(H2,22,25)(H,23,26)/t15-/m1/s1. The van der Waals surface area contributed by atoms with Crippen LogP contribution in [0.4, 0.5) is 0 Å². The Bertz CT molecular complexity index is 967. The van der Waals surface area contributed by atoms with Gasteiger partial charge in [0.05, 0.1) is 10.9 Å². The molecular weight excluding hydrogens is 390 g/mol. The molecule has 154 valence electrons. The second-order valence-electron chi connectivity index (χ2n) is 7.21. The molecule has 0 saturated carbocycles. The van der Waals surface area contributed by atoms with Crippen LogP contribution in [0.1, 0.15) is 41.7 Å². The topological polar surface area (TPSA) is 110 Å². The highest BCUT2D eigenvalue weighted by Gasteiger charge is 2.32. The van der Waals surface area contributed by atoms with E-state index in [1.54, 1.807) is 0 Å². The number of hydrogen-bond acceptors (Lipinski definition) is 4. The SMILES string of the molecule is C[C@@H](NC(=O)C1CCN(S(=O)(=O)c2ccc(C(N)=O)cc2)CC1)c1ccccc1. The zero-order valence-corrected chi connectivity index (χ0v) is 17.1. The first-order valence-corrected chi connectivity index (χ1v) is 11.0. The molecular formula is C21H25N3O4S. The van der Waals surface area contributed by atoms with Gasteiger partial charge in [-0.2, -0.15) is 4.31 Å². The molecule has 1 fully saturated rings. The van der Waals surface area contributed by atoms with Crippen LogP contribution >= 0.6 is 0 Å². The van der Waals surface area contributed by atoms with E-state index in [4.69, 9.17) is 5.73 Å². The normalized spacial score (nSPS) is 16.9. The van der Waals surface area contributed by atoms with E-state index in [2.05, 4.69) is 5.32 Å². The number of hydrogen-bond donors (Lipinski definition) is 2. The maximum absolute atomic E-state index is 12.8. The number of amides is 2. The molecule has 2 aromatic carbocycles. The highest BCUT2D eigenvalue weighted by atomic mass is 32.2. The minimum absolute atomic E-state index is 0.0517. The molecule has 29 heavy (non-hydrogen) atoms. The zero-order chi connectivity index (χ0) is 21.0. The van der Waals surface area contributed by atoms with Gasteiger partial charge in [-0.15, -0.1) is 0 Å². The van der Waals surface area contributed by atoms with Crippen LogP contribution in [0, 0.1) is 5.92 Å². The Balaban J connectivity index is 1.59. The first kappa shape index (κ1) is 21.0. The van der Waals surface area contributed by atoms with Crippen LogP contribution in [0.25, 0.3) is 0 Å². The lowest BCUT2D eigenvalue weighted by Crippen LogP contribution is -2.43. The number of carbonyl (C=O) groups is 2. The van der Waals surface area contributed by atoms with Gasteiger partial charge in [0, 0.05) is 24.6 Å². The molecule has 3 rings (SSSR count). The van der Waals surface area contributed by atoms with E-state index in [1.807, 2.05) is 37.3 Å². The number of nitrogens with zero attached hydrogens (tertiary/aromatic N) is 1. The molecule has 3 N–H and O–H groups in total. The molecule has 8 heteroatoms. The number of sulfonamides is 1. The van der Waals surface area contributed by atoms with E-state index in [0.717, 1.165) is 5.56 Å². The van der Waals surface area contributed by atoms with Gasteiger partial charge in [-0.25, -0.2) is 8.42 Å². The van der Waals surface area contributed by atoms with Crippen LogP contribution in [-0.2, 0) is 14.8 Å². The third-order valence-corrected chi connectivity index (χ3v) is 7.17. The van der Waals surface area contributed by atoms with Crippen LogP contribution in [0.3, 0.4) is 0 Å². The van der Waals surface area contributed by atoms with Crippen molar-refractivity contribution in [1.29, 1.82) is 0 Å². The largest absolute Gasteiger partial charge is 0.366 e. The Kier molecular flexibility index (Phi) is 6.34. The monoisotopic (exact) mass is 415 g/mol. The minimum Gasteiger partial charge on any atom is -0.366 e. The summed E-state index contributed by atoms with van der Waals surface area (Å²) >= 11 is 0. The van der Waals surface area contributed by atoms with Gasteiger partial charge in [0.25, 0.3) is 0 Å². The van der Waals surface area contributed by atoms with Crippen LogP contribution in [0.5, 0.6) is 0 Å². The average molecular weight is 416 g/mol. The maximum atomic E-state index is 12.8. The molecule has 0 unspecified atom stereocenters. The fraction of sp³-hybridized carbons (Fsp3) is 0.333. The first-order valence-electron chi connectivity index (χ1n) is 9.54. The van der Waals surface area contributed by atoms with Gasteiger partial charge in [0.15, 0.2) is 0 Å². The molecule has 7 nitrogen and oxygen atoms in total.